The molecule has 0 atom stereocenters. The summed E-state index contributed by atoms with van der Waals surface area (Å²) in [6.45, 7) is 4.50. The molecule has 6 fully saturated rings. The predicted molar refractivity (Wildman–Crippen MR) is 210 cm³/mol. The summed E-state index contributed by atoms with van der Waals surface area (Å²) in [6.07, 6.45) is 49.0. The molecular formula is C42H70ClNOP2Ru. The number of carbonyl (C=O) groups excluding carboxylic acids is 1. The number of aromatic nitrogens is 1. The first-order valence-corrected chi connectivity index (χ1v) is 26.9. The van der Waals surface area contributed by atoms with Gasteiger partial charge in [-0.2, -0.15) is 0 Å². The molecule has 6 saturated carbocycles. The van der Waals surface area contributed by atoms with E-state index in [-0.39, 0.29) is 16.1 Å². The van der Waals surface area contributed by atoms with Crippen molar-refractivity contribution in [2.45, 2.75) is 227 Å². The van der Waals surface area contributed by atoms with Crippen LogP contribution in [0.3, 0.4) is 0 Å². The van der Waals surface area contributed by atoms with E-state index >= 15 is 0 Å². The third kappa shape index (κ3) is 14.2. The van der Waals surface area contributed by atoms with Crippen LogP contribution in [0.2, 0.25) is 0 Å². The van der Waals surface area contributed by atoms with Crippen LogP contribution in [0.5, 0.6) is 0 Å². The zero-order valence-electron chi connectivity index (χ0n) is 30.5. The fourth-order valence-corrected chi connectivity index (χ4v) is 20.7. The standard InChI is InChI=1S/2C18H33P.C5H4N.CO.ClH.Ru/c2*1-4-10-16(11-5-1)19(17-12-6-2-7-13-17)18-14-8-3-9-15-18;1-2-4-6-5-3-1;1-2;;/h2*16-18H,1-15H2;1-4H;;1H;/q;;;;;+1/p-1. The normalized spacial score (nSPS) is 24.6. The van der Waals surface area contributed by atoms with E-state index in [1.54, 1.807) is 160 Å². The topological polar surface area (TPSA) is 30.0 Å². The van der Waals surface area contributed by atoms with Gasteiger partial charge in [-0.15, -0.1) is 0 Å². The summed E-state index contributed by atoms with van der Waals surface area (Å²) in [5, 5.41) is 0. The van der Waals surface area contributed by atoms with Gasteiger partial charge in [0.25, 0.3) is 6.79 Å². The molecule has 6 heteroatoms. The van der Waals surface area contributed by atoms with Crippen molar-refractivity contribution in [1.29, 1.82) is 0 Å². The first-order chi connectivity index (χ1) is 23.8. The number of pyridine rings is 1. The molecule has 2 radical (unpaired) electrons. The zero-order chi connectivity index (χ0) is 33.7. The van der Waals surface area contributed by atoms with Gasteiger partial charge in [0, 0.05) is 0 Å². The van der Waals surface area contributed by atoms with E-state index in [9.17, 15) is 0 Å². The second kappa shape index (κ2) is 25.5. The molecule has 6 aliphatic carbocycles. The van der Waals surface area contributed by atoms with Crippen molar-refractivity contribution < 1.29 is 20.9 Å². The Hall–Kier alpha value is 0.593. The van der Waals surface area contributed by atoms with Gasteiger partial charge in [0.15, 0.2) is 0 Å². The molecule has 274 valence electrons. The van der Waals surface area contributed by atoms with Crippen molar-refractivity contribution in [1.82, 2.24) is 4.98 Å². The Balaban J connectivity index is 0.000000170. The molecule has 0 unspecified atom stereocenters. The number of rotatable bonds is 7. The Morgan fingerprint density at radius 3 is 0.875 bits per heavy atom. The van der Waals surface area contributed by atoms with Crippen molar-refractivity contribution in [2.75, 3.05) is 0 Å². The Morgan fingerprint density at radius 1 is 0.458 bits per heavy atom. The monoisotopic (exact) mass is 803 g/mol. The van der Waals surface area contributed by atoms with Crippen molar-refractivity contribution in [2.24, 2.45) is 0 Å². The third-order valence-corrected chi connectivity index (χ3v) is 22.5. The Kier molecular flexibility index (Phi) is 22.0. The predicted octanol–water partition coefficient (Wildman–Crippen LogP) is 13.5. The van der Waals surface area contributed by atoms with E-state index in [0.717, 1.165) is 4.29 Å². The van der Waals surface area contributed by atoms with Gasteiger partial charge in [0.2, 0.25) is 0 Å². The SMILES string of the molecule is C1CCC(P(C2CCCCC2)C2CCCCC2)CC1.C1CCC(P(C2CCCCC2)C2CCCCC2)CC1.[C]=O.[Cl][Ru][c]1ccccn1. The zero-order valence-corrected chi connectivity index (χ0v) is 34.8. The number of nitrogens with zero attached hydrogens (tertiary/aromatic N) is 1. The molecule has 0 spiro atoms. The van der Waals surface area contributed by atoms with E-state index < -0.39 is 0 Å². The Morgan fingerprint density at radius 2 is 0.708 bits per heavy atom. The van der Waals surface area contributed by atoms with Gasteiger partial charge in [-0.3, -0.25) is 4.79 Å². The molecule has 6 aliphatic rings. The minimum absolute atomic E-state index is 0.179. The van der Waals surface area contributed by atoms with E-state index in [1.807, 2.05) is 18.2 Å². The molecule has 0 saturated heterocycles. The quantitative estimate of drug-likeness (QED) is 0.203. The van der Waals surface area contributed by atoms with Crippen molar-refractivity contribution in [3.63, 3.8) is 0 Å². The van der Waals surface area contributed by atoms with Crippen LogP contribution in [-0.4, -0.2) is 45.7 Å². The van der Waals surface area contributed by atoms with Gasteiger partial charge >= 0.3 is 59.5 Å². The van der Waals surface area contributed by atoms with Crippen LogP contribution in [-0.2, 0) is 20.9 Å². The molecule has 0 amide bonds. The molecule has 0 bridgehead atoms. The van der Waals surface area contributed by atoms with Gasteiger partial charge in [-0.25, -0.2) is 0 Å². The van der Waals surface area contributed by atoms with Crippen molar-refractivity contribution in [3.8, 4) is 0 Å². The second-order valence-electron chi connectivity index (χ2n) is 15.9. The van der Waals surface area contributed by atoms with Gasteiger partial charge in [-0.05, 0) is 111 Å². The first-order valence-electron chi connectivity index (χ1n) is 20.7. The first kappa shape index (κ1) is 41.4. The van der Waals surface area contributed by atoms with Crippen LogP contribution in [0.15, 0.2) is 24.4 Å². The van der Waals surface area contributed by atoms with Crippen LogP contribution in [0.25, 0.3) is 0 Å². The maximum absolute atomic E-state index is 7.50. The summed E-state index contributed by atoms with van der Waals surface area (Å²) in [7, 11) is 6.32. The molecule has 1 aromatic heterocycles. The number of halogens is 1. The molecular weight excluding hydrogens is 733 g/mol. The van der Waals surface area contributed by atoms with Crippen LogP contribution in [0, 0.1) is 0 Å². The Labute approximate surface area is 311 Å². The Bertz CT molecular complexity index is 766. The van der Waals surface area contributed by atoms with Gasteiger partial charge in [0.1, 0.15) is 0 Å². The third-order valence-electron chi connectivity index (χ3n) is 12.7. The summed E-state index contributed by atoms with van der Waals surface area (Å²) in [5.74, 6) is 0. The average Bonchev–Trinajstić information content (AvgIpc) is 3.19. The molecule has 0 aliphatic heterocycles. The number of hydrogen-bond acceptors (Lipinski definition) is 2. The summed E-state index contributed by atoms with van der Waals surface area (Å²) in [6, 6.07) is 5.77. The van der Waals surface area contributed by atoms with E-state index in [2.05, 4.69) is 11.8 Å². The van der Waals surface area contributed by atoms with E-state index in [1.165, 1.54) is 72.5 Å². The summed E-state index contributed by atoms with van der Waals surface area (Å²) < 4.78 is 1.02. The van der Waals surface area contributed by atoms with Gasteiger partial charge in [0.05, 0.1) is 0 Å². The second-order valence-corrected chi connectivity index (χ2v) is 24.0. The fourth-order valence-electron chi connectivity index (χ4n) is 10.4. The van der Waals surface area contributed by atoms with Gasteiger partial charge < -0.3 is 0 Å². The minimum atomic E-state index is -0.179. The molecule has 1 heterocycles. The van der Waals surface area contributed by atoms with E-state index in [0.29, 0.717) is 15.8 Å². The van der Waals surface area contributed by atoms with E-state index in [4.69, 9.17) is 14.5 Å². The molecule has 2 nitrogen and oxygen atoms in total. The van der Waals surface area contributed by atoms with Crippen LogP contribution in [0.4, 0.5) is 0 Å². The van der Waals surface area contributed by atoms with Crippen LogP contribution < -0.4 is 4.29 Å². The fraction of sp³-hybridized carbons (Fsp3) is 0.857. The number of hydrogen-bond donors (Lipinski definition) is 0. The van der Waals surface area contributed by atoms with Crippen LogP contribution in [0.1, 0.15) is 193 Å². The molecule has 48 heavy (non-hydrogen) atoms. The van der Waals surface area contributed by atoms with Crippen molar-refractivity contribution in [3.05, 3.63) is 24.4 Å². The van der Waals surface area contributed by atoms with Crippen molar-refractivity contribution >= 4 is 36.6 Å². The molecule has 1 aromatic rings. The average molecular weight is 803 g/mol. The molecule has 7 rings (SSSR count). The molecule has 0 N–H and O–H groups in total. The van der Waals surface area contributed by atoms with Crippen LogP contribution >= 0.6 is 25.5 Å². The maximum atomic E-state index is 7.50. The molecule has 0 aromatic carbocycles. The van der Waals surface area contributed by atoms with Gasteiger partial charge in [-0.1, -0.05) is 131 Å². The summed E-state index contributed by atoms with van der Waals surface area (Å²) >= 11 is -0.179. The summed E-state index contributed by atoms with van der Waals surface area (Å²) in [5.41, 5.74) is 7.14. The summed E-state index contributed by atoms with van der Waals surface area (Å²) in [4.78, 5) is 11.5.